The highest BCUT2D eigenvalue weighted by Crippen LogP contribution is 2.29. The van der Waals surface area contributed by atoms with E-state index in [1.165, 1.54) is 25.8 Å². The number of likely N-dealkylation sites (tertiary alicyclic amines) is 1. The van der Waals surface area contributed by atoms with Crippen LogP contribution in [0, 0.1) is 5.92 Å². The molecule has 94 valence electrons. The van der Waals surface area contributed by atoms with Gasteiger partial charge >= 0.3 is 0 Å². The highest BCUT2D eigenvalue weighted by atomic mass is 79.9. The Bertz CT molecular complexity index is 380. The molecule has 1 aliphatic rings. The predicted molar refractivity (Wildman–Crippen MR) is 74.1 cm³/mol. The van der Waals surface area contributed by atoms with E-state index in [0.29, 0.717) is 5.75 Å². The number of phenolic OH excluding ortho intramolecular Hbond substituents is 1. The van der Waals surface area contributed by atoms with Crippen molar-refractivity contribution in [1.82, 2.24) is 4.90 Å². The number of halogens is 1. The SMILES string of the molecule is CCC1CCCN(Cc2cccc(Br)c2O)C1. The molecule has 0 amide bonds. The Morgan fingerprint density at radius 1 is 1.47 bits per heavy atom. The fourth-order valence-electron chi connectivity index (χ4n) is 2.56. The van der Waals surface area contributed by atoms with Crippen LogP contribution < -0.4 is 0 Å². The number of piperidine rings is 1. The van der Waals surface area contributed by atoms with Crippen molar-refractivity contribution in [2.45, 2.75) is 32.7 Å². The molecule has 1 saturated heterocycles. The summed E-state index contributed by atoms with van der Waals surface area (Å²) in [7, 11) is 0. The lowest BCUT2D eigenvalue weighted by Gasteiger charge is -2.32. The van der Waals surface area contributed by atoms with Gasteiger partial charge in [-0.15, -0.1) is 0 Å². The van der Waals surface area contributed by atoms with Gasteiger partial charge in [0.1, 0.15) is 5.75 Å². The van der Waals surface area contributed by atoms with Gasteiger partial charge in [-0.25, -0.2) is 0 Å². The van der Waals surface area contributed by atoms with Gasteiger partial charge in [-0.3, -0.25) is 4.90 Å². The summed E-state index contributed by atoms with van der Waals surface area (Å²) in [4.78, 5) is 2.46. The number of benzene rings is 1. The molecule has 1 aromatic carbocycles. The van der Waals surface area contributed by atoms with Crippen LogP contribution in [-0.4, -0.2) is 23.1 Å². The molecule has 17 heavy (non-hydrogen) atoms. The van der Waals surface area contributed by atoms with Gasteiger partial charge in [0.05, 0.1) is 4.47 Å². The first-order valence-electron chi connectivity index (χ1n) is 6.39. The van der Waals surface area contributed by atoms with Crippen LogP contribution in [0.2, 0.25) is 0 Å². The molecule has 1 fully saturated rings. The molecule has 1 N–H and O–H groups in total. The molecule has 0 aliphatic carbocycles. The van der Waals surface area contributed by atoms with Crippen LogP contribution in [0.4, 0.5) is 0 Å². The van der Waals surface area contributed by atoms with E-state index >= 15 is 0 Å². The van der Waals surface area contributed by atoms with Crippen LogP contribution in [0.15, 0.2) is 22.7 Å². The monoisotopic (exact) mass is 297 g/mol. The Hall–Kier alpha value is -0.540. The Kier molecular flexibility index (Phi) is 4.46. The number of phenols is 1. The van der Waals surface area contributed by atoms with E-state index in [4.69, 9.17) is 0 Å². The van der Waals surface area contributed by atoms with Crippen LogP contribution >= 0.6 is 15.9 Å². The number of nitrogens with zero attached hydrogens (tertiary/aromatic N) is 1. The van der Waals surface area contributed by atoms with Crippen molar-refractivity contribution in [3.8, 4) is 5.75 Å². The number of para-hydroxylation sites is 1. The molecular weight excluding hydrogens is 278 g/mol. The molecular formula is C14H20BrNO. The zero-order chi connectivity index (χ0) is 12.3. The third kappa shape index (κ3) is 3.23. The first-order chi connectivity index (χ1) is 8.20. The zero-order valence-corrected chi connectivity index (χ0v) is 11.9. The molecule has 1 aromatic rings. The summed E-state index contributed by atoms with van der Waals surface area (Å²) in [5, 5.41) is 9.98. The minimum atomic E-state index is 0.395. The number of hydrogen-bond acceptors (Lipinski definition) is 2. The van der Waals surface area contributed by atoms with Crippen LogP contribution in [0.1, 0.15) is 31.7 Å². The van der Waals surface area contributed by atoms with Gasteiger partial charge in [0.15, 0.2) is 0 Å². The van der Waals surface area contributed by atoms with Crippen molar-refractivity contribution in [2.24, 2.45) is 5.92 Å². The summed E-state index contributed by atoms with van der Waals surface area (Å²) in [5.74, 6) is 1.23. The second-order valence-corrected chi connectivity index (χ2v) is 5.75. The smallest absolute Gasteiger partial charge is 0.134 e. The Morgan fingerprint density at radius 3 is 3.06 bits per heavy atom. The molecule has 0 spiro atoms. The Morgan fingerprint density at radius 2 is 2.29 bits per heavy atom. The molecule has 1 unspecified atom stereocenters. The summed E-state index contributed by atoms with van der Waals surface area (Å²) >= 11 is 3.37. The minimum Gasteiger partial charge on any atom is -0.506 e. The van der Waals surface area contributed by atoms with E-state index in [9.17, 15) is 5.11 Å². The quantitative estimate of drug-likeness (QED) is 0.918. The third-order valence-corrected chi connectivity index (χ3v) is 4.28. The van der Waals surface area contributed by atoms with Gasteiger partial charge in [-0.2, -0.15) is 0 Å². The van der Waals surface area contributed by atoms with Gasteiger partial charge in [0.25, 0.3) is 0 Å². The van der Waals surface area contributed by atoms with Gasteiger partial charge in [0.2, 0.25) is 0 Å². The second kappa shape index (κ2) is 5.87. The Balaban J connectivity index is 2.02. The zero-order valence-electron chi connectivity index (χ0n) is 10.3. The highest BCUT2D eigenvalue weighted by Gasteiger charge is 2.19. The standard InChI is InChI=1S/C14H20BrNO/c1-2-11-5-4-8-16(9-11)10-12-6-3-7-13(15)14(12)17/h3,6-7,11,17H,2,4-5,8-10H2,1H3. The van der Waals surface area contributed by atoms with E-state index in [1.54, 1.807) is 0 Å². The Labute approximate surface area is 112 Å². The average Bonchev–Trinajstić information content (AvgIpc) is 2.35. The largest absolute Gasteiger partial charge is 0.506 e. The topological polar surface area (TPSA) is 23.5 Å². The molecule has 1 aliphatic heterocycles. The van der Waals surface area contributed by atoms with Gasteiger partial charge in [0, 0.05) is 18.7 Å². The molecule has 0 aromatic heterocycles. The first kappa shape index (κ1) is 12.9. The molecule has 1 heterocycles. The van der Waals surface area contributed by atoms with Gasteiger partial charge in [-0.05, 0) is 47.3 Å². The lowest BCUT2D eigenvalue weighted by Crippen LogP contribution is -2.34. The fraction of sp³-hybridized carbons (Fsp3) is 0.571. The van der Waals surface area contributed by atoms with Crippen LogP contribution in [0.3, 0.4) is 0 Å². The molecule has 2 rings (SSSR count). The molecule has 2 nitrogen and oxygen atoms in total. The second-order valence-electron chi connectivity index (χ2n) is 4.90. The third-order valence-electron chi connectivity index (χ3n) is 3.64. The van der Waals surface area contributed by atoms with Crippen molar-refractivity contribution in [2.75, 3.05) is 13.1 Å². The van der Waals surface area contributed by atoms with Crippen molar-refractivity contribution in [1.29, 1.82) is 0 Å². The predicted octanol–water partition coefficient (Wildman–Crippen LogP) is 3.78. The van der Waals surface area contributed by atoms with E-state index in [2.05, 4.69) is 27.8 Å². The summed E-state index contributed by atoms with van der Waals surface area (Å²) in [5.41, 5.74) is 1.02. The van der Waals surface area contributed by atoms with Gasteiger partial charge in [-0.1, -0.05) is 25.5 Å². The van der Waals surface area contributed by atoms with E-state index < -0.39 is 0 Å². The maximum atomic E-state index is 9.98. The van der Waals surface area contributed by atoms with E-state index in [-0.39, 0.29) is 0 Å². The lowest BCUT2D eigenvalue weighted by atomic mass is 9.95. The summed E-state index contributed by atoms with van der Waals surface area (Å²) in [6, 6.07) is 5.87. The molecule has 0 radical (unpaired) electrons. The van der Waals surface area contributed by atoms with Crippen molar-refractivity contribution in [3.05, 3.63) is 28.2 Å². The van der Waals surface area contributed by atoms with E-state index in [0.717, 1.165) is 29.0 Å². The summed E-state index contributed by atoms with van der Waals surface area (Å²) in [6.07, 6.45) is 3.91. The summed E-state index contributed by atoms with van der Waals surface area (Å²) < 4.78 is 0.791. The first-order valence-corrected chi connectivity index (χ1v) is 7.18. The maximum Gasteiger partial charge on any atom is 0.134 e. The van der Waals surface area contributed by atoms with Crippen LogP contribution in [0.25, 0.3) is 0 Å². The van der Waals surface area contributed by atoms with Crippen molar-refractivity contribution >= 4 is 15.9 Å². The number of aromatic hydroxyl groups is 1. The van der Waals surface area contributed by atoms with Crippen molar-refractivity contribution in [3.63, 3.8) is 0 Å². The fourth-order valence-corrected chi connectivity index (χ4v) is 2.96. The molecule has 1 atom stereocenters. The highest BCUT2D eigenvalue weighted by molar-refractivity contribution is 9.10. The molecule has 0 bridgehead atoms. The minimum absolute atomic E-state index is 0.395. The maximum absolute atomic E-state index is 9.98. The number of hydrogen-bond donors (Lipinski definition) is 1. The normalized spacial score (nSPS) is 21.6. The van der Waals surface area contributed by atoms with Gasteiger partial charge < -0.3 is 5.11 Å². The van der Waals surface area contributed by atoms with Crippen LogP contribution in [0.5, 0.6) is 5.75 Å². The molecule has 3 heteroatoms. The number of rotatable bonds is 3. The van der Waals surface area contributed by atoms with E-state index in [1.807, 2.05) is 18.2 Å². The average molecular weight is 298 g/mol. The molecule has 0 saturated carbocycles. The summed E-state index contributed by atoms with van der Waals surface area (Å²) in [6.45, 7) is 5.46. The van der Waals surface area contributed by atoms with Crippen LogP contribution in [-0.2, 0) is 6.54 Å². The van der Waals surface area contributed by atoms with Crippen molar-refractivity contribution < 1.29 is 5.11 Å². The lowest BCUT2D eigenvalue weighted by molar-refractivity contribution is 0.163.